The molecule has 1 atom stereocenters. The smallest absolute Gasteiger partial charge is 0.139 e. The quantitative estimate of drug-likeness (QED) is 0.758. The van der Waals surface area contributed by atoms with Gasteiger partial charge in [-0.05, 0) is 30.5 Å². The fraction of sp³-hybridized carbons (Fsp3) is 0.333. The molecule has 0 bridgehead atoms. The summed E-state index contributed by atoms with van der Waals surface area (Å²) >= 11 is 0. The summed E-state index contributed by atoms with van der Waals surface area (Å²) in [5.41, 5.74) is 1.52. The number of benzene rings is 1. The van der Waals surface area contributed by atoms with Crippen LogP contribution in [0.3, 0.4) is 0 Å². The van der Waals surface area contributed by atoms with Gasteiger partial charge in [0, 0.05) is 0 Å². The Morgan fingerprint density at radius 1 is 1.28 bits per heavy atom. The highest BCUT2D eigenvalue weighted by Gasteiger charge is 2.18. The van der Waals surface area contributed by atoms with Gasteiger partial charge in [-0.2, -0.15) is 10.5 Å². The Kier molecular flexibility index (Phi) is 4.52. The molecule has 0 saturated heterocycles. The molecular weight excluding hydrogens is 224 g/mol. The summed E-state index contributed by atoms with van der Waals surface area (Å²) < 4.78 is 5.83. The van der Waals surface area contributed by atoms with Crippen LogP contribution < -0.4 is 4.74 Å². The van der Waals surface area contributed by atoms with E-state index in [-0.39, 0.29) is 17.6 Å². The molecule has 0 aliphatic heterocycles. The van der Waals surface area contributed by atoms with Crippen LogP contribution in [0.5, 0.6) is 5.75 Å². The van der Waals surface area contributed by atoms with Crippen LogP contribution >= 0.6 is 0 Å². The molecule has 0 heterocycles. The van der Waals surface area contributed by atoms with Crippen LogP contribution in [0.1, 0.15) is 31.9 Å². The van der Waals surface area contributed by atoms with Gasteiger partial charge in [0.05, 0.1) is 5.56 Å². The summed E-state index contributed by atoms with van der Waals surface area (Å²) in [5, 5.41) is 18.1. The van der Waals surface area contributed by atoms with Crippen molar-refractivity contribution in [3.05, 3.63) is 41.5 Å². The molecule has 1 aromatic rings. The van der Waals surface area contributed by atoms with Crippen molar-refractivity contribution < 1.29 is 4.74 Å². The van der Waals surface area contributed by atoms with E-state index < -0.39 is 0 Å². The molecule has 0 fully saturated rings. The highest BCUT2D eigenvalue weighted by Crippen LogP contribution is 2.25. The lowest BCUT2D eigenvalue weighted by molar-refractivity contribution is 0.186. The van der Waals surface area contributed by atoms with Crippen LogP contribution in [0.15, 0.2) is 30.4 Å². The third kappa shape index (κ3) is 2.90. The van der Waals surface area contributed by atoms with E-state index in [9.17, 15) is 0 Å². The van der Waals surface area contributed by atoms with Gasteiger partial charge < -0.3 is 4.74 Å². The van der Waals surface area contributed by atoms with Crippen LogP contribution in [0.4, 0.5) is 0 Å². The van der Waals surface area contributed by atoms with E-state index in [1.807, 2.05) is 32.9 Å². The molecule has 0 amide bonds. The fourth-order valence-corrected chi connectivity index (χ4v) is 1.78. The fourth-order valence-electron chi connectivity index (χ4n) is 1.78. The Balaban J connectivity index is 3.16. The van der Waals surface area contributed by atoms with E-state index in [0.717, 1.165) is 5.57 Å². The van der Waals surface area contributed by atoms with Gasteiger partial charge in [0.1, 0.15) is 29.6 Å². The highest BCUT2D eigenvalue weighted by atomic mass is 16.5. The molecule has 0 saturated carbocycles. The molecule has 0 spiro atoms. The number of nitrogens with zero attached hydrogens (tertiary/aromatic N) is 2. The first-order chi connectivity index (χ1) is 8.51. The highest BCUT2D eigenvalue weighted by molar-refractivity contribution is 5.54. The zero-order chi connectivity index (χ0) is 13.7. The zero-order valence-electron chi connectivity index (χ0n) is 10.9. The summed E-state index contributed by atoms with van der Waals surface area (Å²) in [6.07, 6.45) is -0.161. The first kappa shape index (κ1) is 13.8. The maximum absolute atomic E-state index is 9.12. The summed E-state index contributed by atoms with van der Waals surface area (Å²) in [5.74, 6) is 0.693. The van der Waals surface area contributed by atoms with Crippen molar-refractivity contribution in [1.82, 2.24) is 0 Å². The molecular formula is C15H16N2O. The average Bonchev–Trinajstić information content (AvgIpc) is 2.34. The first-order valence-corrected chi connectivity index (χ1v) is 5.76. The van der Waals surface area contributed by atoms with Gasteiger partial charge in [-0.25, -0.2) is 0 Å². The van der Waals surface area contributed by atoms with Gasteiger partial charge in [-0.15, -0.1) is 0 Å². The van der Waals surface area contributed by atoms with Crippen LogP contribution in [0.25, 0.3) is 0 Å². The Labute approximate surface area is 108 Å². The minimum Gasteiger partial charge on any atom is -0.484 e. The molecule has 0 aromatic heterocycles. The van der Waals surface area contributed by atoms with E-state index in [4.69, 9.17) is 15.3 Å². The van der Waals surface area contributed by atoms with E-state index in [1.54, 1.807) is 18.2 Å². The molecule has 0 N–H and O–H groups in total. The van der Waals surface area contributed by atoms with Crippen LogP contribution in [-0.2, 0) is 0 Å². The molecule has 0 unspecified atom stereocenters. The van der Waals surface area contributed by atoms with Crippen molar-refractivity contribution in [1.29, 1.82) is 10.5 Å². The first-order valence-electron chi connectivity index (χ1n) is 5.76. The van der Waals surface area contributed by atoms with Crippen molar-refractivity contribution in [2.45, 2.75) is 26.9 Å². The molecule has 92 valence electrons. The Hall–Kier alpha value is -2.26. The maximum atomic E-state index is 9.12. The molecule has 1 rings (SSSR count). The second-order valence-electron chi connectivity index (χ2n) is 4.53. The number of nitriles is 2. The third-order valence-corrected chi connectivity index (χ3v) is 2.60. The molecule has 3 nitrogen and oxygen atoms in total. The van der Waals surface area contributed by atoms with Crippen molar-refractivity contribution in [3.8, 4) is 17.9 Å². The van der Waals surface area contributed by atoms with Gasteiger partial charge in [0.25, 0.3) is 0 Å². The summed E-state index contributed by atoms with van der Waals surface area (Å²) in [7, 11) is 0. The third-order valence-electron chi connectivity index (χ3n) is 2.60. The summed E-state index contributed by atoms with van der Waals surface area (Å²) in [6, 6.07) is 9.04. The Bertz CT molecular complexity index is 532. The lowest BCUT2D eigenvalue weighted by Crippen LogP contribution is -2.24. The number of hydrogen-bond acceptors (Lipinski definition) is 3. The van der Waals surface area contributed by atoms with Crippen LogP contribution in [-0.4, -0.2) is 6.10 Å². The summed E-state index contributed by atoms with van der Waals surface area (Å²) in [6.45, 7) is 9.85. The molecule has 1 aromatic carbocycles. The second kappa shape index (κ2) is 5.89. The predicted molar refractivity (Wildman–Crippen MR) is 69.9 cm³/mol. The number of rotatable bonds is 4. The van der Waals surface area contributed by atoms with Gasteiger partial charge in [0.15, 0.2) is 0 Å². The van der Waals surface area contributed by atoms with Gasteiger partial charge in [0.2, 0.25) is 0 Å². The average molecular weight is 240 g/mol. The van der Waals surface area contributed by atoms with E-state index in [2.05, 4.69) is 6.58 Å². The van der Waals surface area contributed by atoms with Crippen molar-refractivity contribution >= 4 is 0 Å². The monoisotopic (exact) mass is 240 g/mol. The molecule has 0 radical (unpaired) electrons. The SMILES string of the molecule is C=C(C)[C@H](Oc1cccc(C#N)c1C#N)C(C)C. The van der Waals surface area contributed by atoms with E-state index in [0.29, 0.717) is 11.3 Å². The van der Waals surface area contributed by atoms with Gasteiger partial charge in [-0.3, -0.25) is 0 Å². The zero-order valence-corrected chi connectivity index (χ0v) is 10.9. The lowest BCUT2D eigenvalue weighted by Gasteiger charge is -2.23. The van der Waals surface area contributed by atoms with Crippen LogP contribution in [0.2, 0.25) is 0 Å². The Morgan fingerprint density at radius 3 is 2.39 bits per heavy atom. The Morgan fingerprint density at radius 2 is 1.94 bits per heavy atom. The number of hydrogen-bond donors (Lipinski definition) is 0. The number of ether oxygens (including phenoxy) is 1. The van der Waals surface area contributed by atoms with Gasteiger partial charge in [-0.1, -0.05) is 26.5 Å². The normalized spacial score (nSPS) is 11.4. The van der Waals surface area contributed by atoms with Crippen molar-refractivity contribution in [2.75, 3.05) is 0 Å². The van der Waals surface area contributed by atoms with E-state index >= 15 is 0 Å². The van der Waals surface area contributed by atoms with Gasteiger partial charge >= 0.3 is 0 Å². The maximum Gasteiger partial charge on any atom is 0.139 e. The minimum atomic E-state index is -0.161. The van der Waals surface area contributed by atoms with E-state index in [1.165, 1.54) is 0 Å². The minimum absolute atomic E-state index is 0.161. The largest absolute Gasteiger partial charge is 0.484 e. The summed E-state index contributed by atoms with van der Waals surface area (Å²) in [4.78, 5) is 0. The molecule has 3 heteroatoms. The standard InChI is InChI=1S/C15H16N2O/c1-10(2)15(11(3)4)18-14-7-5-6-12(8-16)13(14)9-17/h5-7,11,15H,1H2,2-4H3/t15-/m0/s1. The van der Waals surface area contributed by atoms with Crippen molar-refractivity contribution in [2.24, 2.45) is 5.92 Å². The van der Waals surface area contributed by atoms with Crippen molar-refractivity contribution in [3.63, 3.8) is 0 Å². The molecule has 18 heavy (non-hydrogen) atoms. The lowest BCUT2D eigenvalue weighted by atomic mass is 10.0. The molecule has 0 aliphatic rings. The second-order valence-corrected chi connectivity index (χ2v) is 4.53. The topological polar surface area (TPSA) is 56.8 Å². The molecule has 0 aliphatic carbocycles. The van der Waals surface area contributed by atoms with Crippen LogP contribution in [0, 0.1) is 28.6 Å². The predicted octanol–water partition coefficient (Wildman–Crippen LogP) is 3.41.